The molecule has 1 aromatic carbocycles. The number of hydrogen-bond acceptors (Lipinski definition) is 3. The Labute approximate surface area is 137 Å². The molecular weight excluding hydrogens is 292 g/mol. The van der Waals surface area contributed by atoms with Crippen LogP contribution in [0.4, 0.5) is 0 Å². The standard InChI is InChI=1S/C18H24N2OS/c1-3-11-19-12-18(21)20(13-16-7-5-4-6-8-16)14-17-10-9-15(2)22-17/h4-10,19H,3,11-14H2,1-2H3. The van der Waals surface area contributed by atoms with Crippen molar-refractivity contribution in [3.05, 3.63) is 57.8 Å². The van der Waals surface area contributed by atoms with Crippen LogP contribution in [0.5, 0.6) is 0 Å². The number of carbonyl (C=O) groups excluding carboxylic acids is 1. The molecule has 0 aliphatic carbocycles. The number of carbonyl (C=O) groups is 1. The van der Waals surface area contributed by atoms with Crippen LogP contribution in [0.2, 0.25) is 0 Å². The third-order valence-electron chi connectivity index (χ3n) is 3.41. The van der Waals surface area contributed by atoms with Crippen molar-refractivity contribution in [2.45, 2.75) is 33.4 Å². The van der Waals surface area contributed by atoms with Crippen molar-refractivity contribution in [1.82, 2.24) is 10.2 Å². The second-order valence-corrected chi connectivity index (χ2v) is 6.80. The first-order chi connectivity index (χ1) is 10.7. The van der Waals surface area contributed by atoms with E-state index in [1.807, 2.05) is 23.1 Å². The zero-order chi connectivity index (χ0) is 15.8. The lowest BCUT2D eigenvalue weighted by molar-refractivity contribution is -0.131. The van der Waals surface area contributed by atoms with Crippen molar-refractivity contribution in [2.24, 2.45) is 0 Å². The number of nitrogens with zero attached hydrogens (tertiary/aromatic N) is 1. The van der Waals surface area contributed by atoms with Crippen molar-refractivity contribution in [1.29, 1.82) is 0 Å². The molecule has 2 rings (SSSR count). The van der Waals surface area contributed by atoms with Gasteiger partial charge in [0.1, 0.15) is 0 Å². The molecule has 0 atom stereocenters. The van der Waals surface area contributed by atoms with Crippen LogP contribution in [0, 0.1) is 6.92 Å². The Balaban J connectivity index is 2.04. The summed E-state index contributed by atoms with van der Waals surface area (Å²) in [5.41, 5.74) is 1.17. The van der Waals surface area contributed by atoms with Crippen LogP contribution in [0.1, 0.15) is 28.7 Å². The van der Waals surface area contributed by atoms with Crippen LogP contribution in [0.15, 0.2) is 42.5 Å². The van der Waals surface area contributed by atoms with Gasteiger partial charge in [-0.15, -0.1) is 11.3 Å². The zero-order valence-corrected chi connectivity index (χ0v) is 14.2. The van der Waals surface area contributed by atoms with Crippen molar-refractivity contribution < 1.29 is 4.79 Å². The minimum absolute atomic E-state index is 0.156. The average molecular weight is 316 g/mol. The van der Waals surface area contributed by atoms with Gasteiger partial charge in [-0.25, -0.2) is 0 Å². The maximum absolute atomic E-state index is 12.5. The molecule has 0 saturated heterocycles. The molecule has 0 saturated carbocycles. The van der Waals surface area contributed by atoms with Gasteiger partial charge in [-0.05, 0) is 37.6 Å². The minimum atomic E-state index is 0.156. The summed E-state index contributed by atoms with van der Waals surface area (Å²) in [6.45, 7) is 6.83. The van der Waals surface area contributed by atoms with Crippen LogP contribution in [0.3, 0.4) is 0 Å². The lowest BCUT2D eigenvalue weighted by atomic mass is 10.2. The molecule has 1 N–H and O–H groups in total. The van der Waals surface area contributed by atoms with Gasteiger partial charge in [0.25, 0.3) is 0 Å². The van der Waals surface area contributed by atoms with Gasteiger partial charge in [-0.1, -0.05) is 37.3 Å². The molecule has 0 unspecified atom stereocenters. The molecule has 3 nitrogen and oxygen atoms in total. The summed E-state index contributed by atoms with van der Waals surface area (Å²) in [4.78, 5) is 17.0. The fourth-order valence-corrected chi connectivity index (χ4v) is 3.18. The lowest BCUT2D eigenvalue weighted by Gasteiger charge is -2.22. The predicted molar refractivity (Wildman–Crippen MR) is 92.9 cm³/mol. The Hall–Kier alpha value is -1.65. The van der Waals surface area contributed by atoms with E-state index < -0.39 is 0 Å². The molecule has 4 heteroatoms. The molecule has 0 aliphatic rings. The minimum Gasteiger partial charge on any atom is -0.332 e. The van der Waals surface area contributed by atoms with Crippen molar-refractivity contribution in [2.75, 3.05) is 13.1 Å². The van der Waals surface area contributed by atoms with Gasteiger partial charge in [-0.2, -0.15) is 0 Å². The summed E-state index contributed by atoms with van der Waals surface area (Å²) in [5.74, 6) is 0.156. The van der Waals surface area contributed by atoms with E-state index in [-0.39, 0.29) is 5.91 Å². The summed E-state index contributed by atoms with van der Waals surface area (Å²) < 4.78 is 0. The Morgan fingerprint density at radius 3 is 2.55 bits per heavy atom. The van der Waals surface area contributed by atoms with Crippen molar-refractivity contribution >= 4 is 17.2 Å². The monoisotopic (exact) mass is 316 g/mol. The smallest absolute Gasteiger partial charge is 0.237 e. The molecule has 22 heavy (non-hydrogen) atoms. The molecule has 1 aromatic heterocycles. The Morgan fingerprint density at radius 2 is 1.91 bits per heavy atom. The van der Waals surface area contributed by atoms with E-state index >= 15 is 0 Å². The fraction of sp³-hybridized carbons (Fsp3) is 0.389. The van der Waals surface area contributed by atoms with Gasteiger partial charge >= 0.3 is 0 Å². The quantitative estimate of drug-likeness (QED) is 0.755. The Kier molecular flexibility index (Phi) is 6.62. The number of thiophene rings is 1. The second-order valence-electron chi connectivity index (χ2n) is 5.42. The van der Waals surface area contributed by atoms with E-state index in [1.165, 1.54) is 15.3 Å². The number of rotatable bonds is 8. The molecule has 0 spiro atoms. The molecule has 118 valence electrons. The van der Waals surface area contributed by atoms with Crippen molar-refractivity contribution in [3.8, 4) is 0 Å². The Morgan fingerprint density at radius 1 is 1.14 bits per heavy atom. The molecule has 0 bridgehead atoms. The molecule has 0 aliphatic heterocycles. The zero-order valence-electron chi connectivity index (χ0n) is 13.3. The van der Waals surface area contributed by atoms with Crippen LogP contribution in [-0.4, -0.2) is 23.9 Å². The SMILES string of the molecule is CCCNCC(=O)N(Cc1ccccc1)Cc1ccc(C)s1. The van der Waals surface area contributed by atoms with E-state index in [0.29, 0.717) is 19.6 Å². The first kappa shape index (κ1) is 16.7. The first-order valence-electron chi connectivity index (χ1n) is 7.76. The molecule has 0 fully saturated rings. The topological polar surface area (TPSA) is 32.3 Å². The highest BCUT2D eigenvalue weighted by molar-refractivity contribution is 7.11. The summed E-state index contributed by atoms with van der Waals surface area (Å²) in [7, 11) is 0. The Bertz CT molecular complexity index is 580. The van der Waals surface area contributed by atoms with Gasteiger partial charge in [-0.3, -0.25) is 4.79 Å². The molecule has 1 heterocycles. The number of aryl methyl sites for hydroxylation is 1. The molecular formula is C18H24N2OS. The van der Waals surface area contributed by atoms with Gasteiger partial charge in [0.2, 0.25) is 5.91 Å². The van der Waals surface area contributed by atoms with E-state index in [1.54, 1.807) is 11.3 Å². The van der Waals surface area contributed by atoms with E-state index in [4.69, 9.17) is 0 Å². The molecule has 0 radical (unpaired) electrons. The molecule has 1 amide bonds. The van der Waals surface area contributed by atoms with Crippen LogP contribution in [-0.2, 0) is 17.9 Å². The maximum atomic E-state index is 12.5. The van der Waals surface area contributed by atoms with Gasteiger partial charge in [0.05, 0.1) is 13.1 Å². The van der Waals surface area contributed by atoms with Gasteiger partial charge in [0, 0.05) is 16.3 Å². The largest absolute Gasteiger partial charge is 0.332 e. The van der Waals surface area contributed by atoms with Crippen LogP contribution in [0.25, 0.3) is 0 Å². The third-order valence-corrected chi connectivity index (χ3v) is 4.40. The van der Waals surface area contributed by atoms with Gasteiger partial charge < -0.3 is 10.2 Å². The van der Waals surface area contributed by atoms with Gasteiger partial charge in [0.15, 0.2) is 0 Å². The fourth-order valence-electron chi connectivity index (χ4n) is 2.28. The highest BCUT2D eigenvalue weighted by Crippen LogP contribution is 2.18. The number of amides is 1. The maximum Gasteiger partial charge on any atom is 0.237 e. The highest BCUT2D eigenvalue weighted by Gasteiger charge is 2.15. The lowest BCUT2D eigenvalue weighted by Crippen LogP contribution is -2.37. The first-order valence-corrected chi connectivity index (χ1v) is 8.58. The van der Waals surface area contributed by atoms with Crippen molar-refractivity contribution in [3.63, 3.8) is 0 Å². The number of benzene rings is 1. The van der Waals surface area contributed by atoms with E-state index in [9.17, 15) is 4.79 Å². The predicted octanol–water partition coefficient (Wildman–Crippen LogP) is 3.58. The highest BCUT2D eigenvalue weighted by atomic mass is 32.1. The summed E-state index contributed by atoms with van der Waals surface area (Å²) >= 11 is 1.76. The molecule has 2 aromatic rings. The van der Waals surface area contributed by atoms with E-state index in [0.717, 1.165) is 13.0 Å². The summed E-state index contributed by atoms with van der Waals surface area (Å²) in [6, 6.07) is 14.4. The number of hydrogen-bond donors (Lipinski definition) is 1. The summed E-state index contributed by atoms with van der Waals surface area (Å²) in [6.07, 6.45) is 1.04. The summed E-state index contributed by atoms with van der Waals surface area (Å²) in [5, 5.41) is 3.20. The second kappa shape index (κ2) is 8.71. The van der Waals surface area contributed by atoms with Crippen LogP contribution >= 0.6 is 11.3 Å². The van der Waals surface area contributed by atoms with Crippen LogP contribution < -0.4 is 5.32 Å². The van der Waals surface area contributed by atoms with E-state index in [2.05, 4.69) is 43.4 Å². The normalized spacial score (nSPS) is 10.6. The third kappa shape index (κ3) is 5.28. The number of nitrogens with one attached hydrogen (secondary N) is 1. The average Bonchev–Trinajstić information content (AvgIpc) is 2.93.